The smallest absolute Gasteiger partial charge is 0.339 e. The van der Waals surface area contributed by atoms with Crippen LogP contribution >= 0.6 is 0 Å². The largest absolute Gasteiger partial charge is 0.478 e. The summed E-state index contributed by atoms with van der Waals surface area (Å²) in [6.07, 6.45) is 6.65. The Balaban J connectivity index is 1.89. The molecular weight excluding hydrogens is 350 g/mol. The maximum absolute atomic E-state index is 11.6. The van der Waals surface area contributed by atoms with Crippen molar-refractivity contribution >= 4 is 25.2 Å². The van der Waals surface area contributed by atoms with E-state index < -0.39 is 14.0 Å². The molecule has 8 nitrogen and oxygen atoms in total. The number of nitrogens with zero attached hydrogens (tertiary/aromatic N) is 5. The van der Waals surface area contributed by atoms with Crippen LogP contribution in [0.1, 0.15) is 10.4 Å². The highest BCUT2D eigenvalue weighted by Gasteiger charge is 2.18. The molecule has 0 radical (unpaired) electrons. The van der Waals surface area contributed by atoms with Crippen LogP contribution in [0, 0.1) is 0 Å². The van der Waals surface area contributed by atoms with Crippen molar-refractivity contribution < 1.29 is 14.6 Å². The van der Waals surface area contributed by atoms with Crippen LogP contribution in [0.2, 0.25) is 25.7 Å². The SMILES string of the molecule is Cn1cc(-c2cnc3c(n2)c(C(=O)O)cn3COCC[Si](C)(C)C)cn1. The number of carboxylic acids is 1. The maximum atomic E-state index is 11.6. The first-order valence-electron chi connectivity index (χ1n) is 8.40. The van der Waals surface area contributed by atoms with Gasteiger partial charge in [-0.15, -0.1) is 0 Å². The predicted molar refractivity (Wildman–Crippen MR) is 101 cm³/mol. The van der Waals surface area contributed by atoms with Crippen LogP contribution in [-0.4, -0.2) is 50.1 Å². The van der Waals surface area contributed by atoms with Crippen molar-refractivity contribution in [3.05, 3.63) is 30.4 Å². The quantitative estimate of drug-likeness (QED) is 0.505. The van der Waals surface area contributed by atoms with Gasteiger partial charge >= 0.3 is 5.97 Å². The van der Waals surface area contributed by atoms with Crippen LogP contribution in [0.15, 0.2) is 24.8 Å². The lowest BCUT2D eigenvalue weighted by Crippen LogP contribution is -2.22. The fraction of sp³-hybridized carbons (Fsp3) is 0.412. The summed E-state index contributed by atoms with van der Waals surface area (Å²) in [4.78, 5) is 20.5. The van der Waals surface area contributed by atoms with Crippen molar-refractivity contribution in [2.75, 3.05) is 6.61 Å². The van der Waals surface area contributed by atoms with E-state index in [1.807, 2.05) is 13.2 Å². The lowest BCUT2D eigenvalue weighted by molar-refractivity contribution is 0.0696. The third kappa shape index (κ3) is 4.00. The summed E-state index contributed by atoms with van der Waals surface area (Å²) in [5, 5.41) is 13.6. The normalized spacial score (nSPS) is 12.0. The van der Waals surface area contributed by atoms with E-state index in [0.717, 1.165) is 11.6 Å². The number of aromatic nitrogens is 5. The van der Waals surface area contributed by atoms with Crippen molar-refractivity contribution in [3.63, 3.8) is 0 Å². The van der Waals surface area contributed by atoms with Crippen LogP contribution in [0.25, 0.3) is 22.4 Å². The average molecular weight is 373 g/mol. The average Bonchev–Trinajstić information content (AvgIpc) is 3.14. The van der Waals surface area contributed by atoms with Gasteiger partial charge in [0.25, 0.3) is 0 Å². The van der Waals surface area contributed by atoms with Gasteiger partial charge in [-0.05, 0) is 6.04 Å². The van der Waals surface area contributed by atoms with Crippen molar-refractivity contribution in [2.45, 2.75) is 32.4 Å². The summed E-state index contributed by atoms with van der Waals surface area (Å²) < 4.78 is 9.10. The van der Waals surface area contributed by atoms with Gasteiger partial charge in [-0.1, -0.05) is 19.6 Å². The molecule has 0 aliphatic heterocycles. The molecule has 0 bridgehead atoms. The first-order valence-corrected chi connectivity index (χ1v) is 12.1. The molecule has 0 atom stereocenters. The second kappa shape index (κ2) is 7.00. The summed E-state index contributed by atoms with van der Waals surface area (Å²) in [6, 6.07) is 1.05. The zero-order valence-corrected chi connectivity index (χ0v) is 16.4. The number of fused-ring (bicyclic) bond motifs is 1. The number of aromatic carboxylic acids is 1. The summed E-state index contributed by atoms with van der Waals surface area (Å²) in [5.74, 6) is -1.03. The molecule has 1 N–H and O–H groups in total. The van der Waals surface area contributed by atoms with E-state index in [2.05, 4.69) is 34.7 Å². The van der Waals surface area contributed by atoms with E-state index in [1.165, 1.54) is 6.20 Å². The van der Waals surface area contributed by atoms with E-state index in [4.69, 9.17) is 4.74 Å². The highest BCUT2D eigenvalue weighted by atomic mass is 28.3. The molecular formula is C17H23N5O3Si. The minimum Gasteiger partial charge on any atom is -0.478 e. The van der Waals surface area contributed by atoms with Gasteiger partial charge < -0.3 is 14.4 Å². The number of ether oxygens (including phenoxy) is 1. The van der Waals surface area contributed by atoms with Gasteiger partial charge in [-0.3, -0.25) is 4.68 Å². The molecule has 0 aromatic carbocycles. The highest BCUT2D eigenvalue weighted by molar-refractivity contribution is 6.76. The van der Waals surface area contributed by atoms with E-state index in [9.17, 15) is 9.90 Å². The molecule has 0 fully saturated rings. The highest BCUT2D eigenvalue weighted by Crippen LogP contribution is 2.23. The van der Waals surface area contributed by atoms with Gasteiger partial charge in [0, 0.05) is 39.7 Å². The summed E-state index contributed by atoms with van der Waals surface area (Å²) in [5.41, 5.74) is 2.35. The Bertz CT molecular complexity index is 942. The molecule has 0 spiro atoms. The number of carbonyl (C=O) groups is 1. The fourth-order valence-corrected chi connectivity index (χ4v) is 3.30. The van der Waals surface area contributed by atoms with Crippen LogP contribution < -0.4 is 0 Å². The number of rotatable bonds is 7. The summed E-state index contributed by atoms with van der Waals surface area (Å²) in [7, 11) is 0.643. The molecule has 138 valence electrons. The van der Waals surface area contributed by atoms with Gasteiger partial charge in [-0.25, -0.2) is 14.8 Å². The zero-order chi connectivity index (χ0) is 18.9. The molecule has 0 aliphatic rings. The summed E-state index contributed by atoms with van der Waals surface area (Å²) in [6.45, 7) is 7.77. The molecule has 3 aromatic rings. The van der Waals surface area contributed by atoms with Crippen LogP contribution in [-0.2, 0) is 18.5 Å². The second-order valence-corrected chi connectivity index (χ2v) is 13.1. The van der Waals surface area contributed by atoms with Crippen molar-refractivity contribution in [2.24, 2.45) is 7.05 Å². The van der Waals surface area contributed by atoms with Crippen molar-refractivity contribution in [1.29, 1.82) is 0 Å². The minimum absolute atomic E-state index is 0.118. The zero-order valence-electron chi connectivity index (χ0n) is 15.4. The topological polar surface area (TPSA) is 95.1 Å². The van der Waals surface area contributed by atoms with E-state index in [-0.39, 0.29) is 12.3 Å². The number of hydrogen-bond donors (Lipinski definition) is 1. The Hall–Kier alpha value is -2.52. The van der Waals surface area contributed by atoms with Crippen LogP contribution in [0.4, 0.5) is 0 Å². The molecule has 3 aromatic heterocycles. The lowest BCUT2D eigenvalue weighted by Gasteiger charge is -2.15. The Kier molecular flexibility index (Phi) is 4.92. The van der Waals surface area contributed by atoms with Gasteiger partial charge in [0.15, 0.2) is 5.65 Å². The van der Waals surface area contributed by atoms with Crippen molar-refractivity contribution in [3.8, 4) is 11.3 Å². The van der Waals surface area contributed by atoms with Gasteiger partial charge in [-0.2, -0.15) is 5.10 Å². The number of hydrogen-bond acceptors (Lipinski definition) is 5. The minimum atomic E-state index is -1.17. The Morgan fingerprint density at radius 3 is 2.65 bits per heavy atom. The molecule has 0 saturated heterocycles. The third-order valence-electron chi connectivity index (χ3n) is 4.02. The molecule has 9 heteroatoms. The molecule has 0 saturated carbocycles. The standard InChI is InChI=1S/C17H23N5O3Si/c1-21-9-12(7-19-21)14-8-18-16-15(20-14)13(17(23)24)10-22(16)11-25-5-6-26(2,3)4/h7-10H,5-6,11H2,1-4H3,(H,23,24). The monoisotopic (exact) mass is 373 g/mol. The fourth-order valence-electron chi connectivity index (χ4n) is 2.54. The molecule has 0 unspecified atom stereocenters. The Morgan fingerprint density at radius 1 is 1.27 bits per heavy atom. The first-order chi connectivity index (χ1) is 12.2. The molecule has 26 heavy (non-hydrogen) atoms. The maximum Gasteiger partial charge on any atom is 0.339 e. The lowest BCUT2D eigenvalue weighted by atomic mass is 10.2. The number of carboxylic acid groups (broad SMARTS) is 1. The third-order valence-corrected chi connectivity index (χ3v) is 5.73. The van der Waals surface area contributed by atoms with Gasteiger partial charge in [0.05, 0.1) is 18.1 Å². The predicted octanol–water partition coefficient (Wildman–Crippen LogP) is 2.84. The first kappa shape index (κ1) is 18.3. The van der Waals surface area contributed by atoms with E-state index >= 15 is 0 Å². The summed E-state index contributed by atoms with van der Waals surface area (Å²) >= 11 is 0. The van der Waals surface area contributed by atoms with E-state index in [0.29, 0.717) is 23.5 Å². The van der Waals surface area contributed by atoms with Gasteiger partial charge in [0.1, 0.15) is 17.8 Å². The Morgan fingerprint density at radius 2 is 2.04 bits per heavy atom. The van der Waals surface area contributed by atoms with E-state index in [1.54, 1.807) is 21.6 Å². The van der Waals surface area contributed by atoms with Gasteiger partial charge in [0.2, 0.25) is 0 Å². The molecule has 3 rings (SSSR count). The molecule has 0 amide bonds. The van der Waals surface area contributed by atoms with Crippen molar-refractivity contribution in [1.82, 2.24) is 24.3 Å². The van der Waals surface area contributed by atoms with Crippen LogP contribution in [0.3, 0.4) is 0 Å². The second-order valence-electron chi connectivity index (χ2n) is 7.50. The molecule has 3 heterocycles. The Labute approximate surface area is 152 Å². The van der Waals surface area contributed by atoms with Crippen LogP contribution in [0.5, 0.6) is 0 Å². The molecule has 0 aliphatic carbocycles. The number of aryl methyl sites for hydroxylation is 1.